The molecule has 1 fully saturated rings. The highest BCUT2D eigenvalue weighted by molar-refractivity contribution is 9.11. The Kier molecular flexibility index (Phi) is 5.05. The number of amides is 2. The molecule has 112 valence electrons. The maximum atomic E-state index is 11.8. The normalized spacial score (nSPS) is 24.5. The number of nitrogens with one attached hydrogen (secondary N) is 2. The second kappa shape index (κ2) is 6.42. The maximum absolute atomic E-state index is 11.8. The maximum Gasteiger partial charge on any atom is 0.315 e. The Labute approximate surface area is 129 Å². The number of methoxy groups -OCH3 is 1. The molecule has 0 aromatic carbocycles. The van der Waals surface area contributed by atoms with Gasteiger partial charge in [-0.05, 0) is 28.1 Å². The Hall–Kier alpha value is -0.640. The number of rotatable bonds is 4. The second-order valence-electron chi connectivity index (χ2n) is 4.49. The minimum Gasteiger partial charge on any atom is -0.378 e. The van der Waals surface area contributed by atoms with E-state index in [4.69, 9.17) is 4.74 Å². The Bertz CT molecular complexity index is 587. The zero-order chi connectivity index (χ0) is 14.8. The Morgan fingerprint density at radius 3 is 2.85 bits per heavy atom. The summed E-state index contributed by atoms with van der Waals surface area (Å²) in [4.78, 5) is 12.8. The van der Waals surface area contributed by atoms with Gasteiger partial charge in [-0.25, -0.2) is 13.2 Å². The van der Waals surface area contributed by atoms with Gasteiger partial charge < -0.3 is 15.4 Å². The van der Waals surface area contributed by atoms with Gasteiger partial charge in [0.05, 0.1) is 34.0 Å². The third-order valence-corrected chi connectivity index (χ3v) is 6.30. The fourth-order valence-electron chi connectivity index (χ4n) is 2.02. The van der Waals surface area contributed by atoms with Crippen molar-refractivity contribution < 1.29 is 17.9 Å². The summed E-state index contributed by atoms with van der Waals surface area (Å²) in [6.45, 7) is 0.402. The summed E-state index contributed by atoms with van der Waals surface area (Å²) in [6.07, 6.45) is -0.485. The van der Waals surface area contributed by atoms with E-state index in [-0.39, 0.29) is 11.5 Å². The molecule has 2 heterocycles. The second-order valence-corrected chi connectivity index (χ2v) is 9.19. The van der Waals surface area contributed by atoms with Crippen molar-refractivity contribution in [2.24, 2.45) is 0 Å². The SMILES string of the molecule is COC1CS(=O)(=O)CC1NC(=O)NCc1ccc(Br)s1. The van der Waals surface area contributed by atoms with Gasteiger partial charge >= 0.3 is 6.03 Å². The molecule has 6 nitrogen and oxygen atoms in total. The average molecular weight is 383 g/mol. The molecular weight excluding hydrogens is 368 g/mol. The van der Waals surface area contributed by atoms with Gasteiger partial charge in [-0.15, -0.1) is 11.3 Å². The number of hydrogen-bond donors (Lipinski definition) is 2. The highest BCUT2D eigenvalue weighted by Crippen LogP contribution is 2.21. The van der Waals surface area contributed by atoms with E-state index in [1.165, 1.54) is 18.4 Å². The molecule has 0 spiro atoms. The molecule has 1 aromatic rings. The van der Waals surface area contributed by atoms with Crippen LogP contribution in [-0.2, 0) is 21.1 Å². The lowest BCUT2D eigenvalue weighted by Gasteiger charge is -2.18. The predicted octanol–water partition coefficient (Wildman–Crippen LogP) is 1.12. The largest absolute Gasteiger partial charge is 0.378 e. The van der Waals surface area contributed by atoms with Gasteiger partial charge in [0.15, 0.2) is 9.84 Å². The summed E-state index contributed by atoms with van der Waals surface area (Å²) in [7, 11) is -1.69. The van der Waals surface area contributed by atoms with Crippen LogP contribution in [0.5, 0.6) is 0 Å². The van der Waals surface area contributed by atoms with Gasteiger partial charge in [-0.2, -0.15) is 0 Å². The van der Waals surface area contributed by atoms with Gasteiger partial charge in [-0.3, -0.25) is 0 Å². The monoisotopic (exact) mass is 382 g/mol. The molecule has 1 aliphatic heterocycles. The minimum absolute atomic E-state index is 0.0493. The number of thiophene rings is 1. The van der Waals surface area contributed by atoms with Crippen molar-refractivity contribution in [1.29, 1.82) is 0 Å². The van der Waals surface area contributed by atoms with Crippen molar-refractivity contribution in [2.75, 3.05) is 18.6 Å². The first-order valence-electron chi connectivity index (χ1n) is 5.91. The highest BCUT2D eigenvalue weighted by atomic mass is 79.9. The van der Waals surface area contributed by atoms with Gasteiger partial charge in [0.1, 0.15) is 0 Å². The van der Waals surface area contributed by atoms with Crippen LogP contribution >= 0.6 is 27.3 Å². The van der Waals surface area contributed by atoms with Gasteiger partial charge in [0.2, 0.25) is 0 Å². The van der Waals surface area contributed by atoms with E-state index < -0.39 is 28.0 Å². The van der Waals surface area contributed by atoms with Crippen molar-refractivity contribution in [3.63, 3.8) is 0 Å². The molecule has 20 heavy (non-hydrogen) atoms. The molecule has 0 aliphatic carbocycles. The molecule has 9 heteroatoms. The third kappa shape index (κ3) is 4.18. The van der Waals surface area contributed by atoms with Crippen LogP contribution in [0.3, 0.4) is 0 Å². The molecule has 1 saturated heterocycles. The van der Waals surface area contributed by atoms with Gasteiger partial charge in [-0.1, -0.05) is 0 Å². The van der Waals surface area contributed by atoms with Crippen LogP contribution in [0.25, 0.3) is 0 Å². The average Bonchev–Trinajstić information content (AvgIpc) is 2.90. The molecule has 1 aliphatic rings. The quantitative estimate of drug-likeness (QED) is 0.816. The van der Waals surface area contributed by atoms with Crippen LogP contribution in [0.15, 0.2) is 15.9 Å². The molecule has 2 unspecified atom stereocenters. The fourth-order valence-corrected chi connectivity index (χ4v) is 5.29. The van der Waals surface area contributed by atoms with E-state index >= 15 is 0 Å². The summed E-state index contributed by atoms with van der Waals surface area (Å²) in [6, 6.07) is 2.93. The number of urea groups is 1. The molecular formula is C11H15BrN2O4S2. The van der Waals surface area contributed by atoms with Crippen molar-refractivity contribution in [3.05, 3.63) is 20.8 Å². The van der Waals surface area contributed by atoms with E-state index in [2.05, 4.69) is 26.6 Å². The van der Waals surface area contributed by atoms with Crippen molar-refractivity contribution in [1.82, 2.24) is 10.6 Å². The number of ether oxygens (including phenoxy) is 1. The number of halogens is 1. The lowest BCUT2D eigenvalue weighted by Crippen LogP contribution is -2.47. The number of carbonyl (C=O) groups is 1. The Morgan fingerprint density at radius 1 is 1.50 bits per heavy atom. The van der Waals surface area contributed by atoms with Gasteiger partial charge in [0.25, 0.3) is 0 Å². The first-order chi connectivity index (χ1) is 9.39. The molecule has 0 radical (unpaired) electrons. The molecule has 2 N–H and O–H groups in total. The van der Waals surface area contributed by atoms with Gasteiger partial charge in [0, 0.05) is 12.0 Å². The smallest absolute Gasteiger partial charge is 0.315 e. The van der Waals surface area contributed by atoms with Crippen molar-refractivity contribution in [2.45, 2.75) is 18.7 Å². The van der Waals surface area contributed by atoms with Crippen LogP contribution in [0.4, 0.5) is 4.79 Å². The summed E-state index contributed by atoms with van der Waals surface area (Å²) in [5.74, 6) is -0.129. The van der Waals surface area contributed by atoms with E-state index in [0.29, 0.717) is 6.54 Å². The molecule has 0 saturated carbocycles. The minimum atomic E-state index is -3.14. The van der Waals surface area contributed by atoms with Crippen LogP contribution in [0, 0.1) is 0 Å². The lowest BCUT2D eigenvalue weighted by molar-refractivity contribution is 0.101. The number of carbonyl (C=O) groups excluding carboxylic acids is 1. The molecule has 2 amide bonds. The first kappa shape index (κ1) is 15.7. The first-order valence-corrected chi connectivity index (χ1v) is 9.34. The molecule has 0 bridgehead atoms. The number of hydrogen-bond acceptors (Lipinski definition) is 5. The van der Waals surface area contributed by atoms with E-state index in [0.717, 1.165) is 8.66 Å². The lowest BCUT2D eigenvalue weighted by atomic mass is 10.2. The fraction of sp³-hybridized carbons (Fsp3) is 0.545. The number of sulfone groups is 1. The van der Waals surface area contributed by atoms with E-state index in [1.54, 1.807) is 0 Å². The zero-order valence-corrected chi connectivity index (χ0v) is 14.0. The molecule has 2 atom stereocenters. The predicted molar refractivity (Wildman–Crippen MR) is 80.6 cm³/mol. The van der Waals surface area contributed by atoms with E-state index in [9.17, 15) is 13.2 Å². The molecule has 2 rings (SSSR count). The molecule has 1 aromatic heterocycles. The van der Waals surface area contributed by atoms with Crippen molar-refractivity contribution in [3.8, 4) is 0 Å². The highest BCUT2D eigenvalue weighted by Gasteiger charge is 2.38. The van der Waals surface area contributed by atoms with Crippen LogP contribution in [-0.4, -0.2) is 45.2 Å². The summed E-state index contributed by atoms with van der Waals surface area (Å²) < 4.78 is 29.1. The zero-order valence-electron chi connectivity index (χ0n) is 10.8. The van der Waals surface area contributed by atoms with Crippen LogP contribution < -0.4 is 10.6 Å². The Morgan fingerprint density at radius 2 is 2.25 bits per heavy atom. The summed E-state index contributed by atoms with van der Waals surface area (Å²) in [5.41, 5.74) is 0. The van der Waals surface area contributed by atoms with E-state index in [1.807, 2.05) is 12.1 Å². The Balaban J connectivity index is 1.85. The topological polar surface area (TPSA) is 84.5 Å². The standard InChI is InChI=1S/C11H15BrN2O4S2/c1-18-9-6-20(16,17)5-8(9)14-11(15)13-4-7-2-3-10(12)19-7/h2-3,8-9H,4-6H2,1H3,(H2,13,14,15). The third-order valence-electron chi connectivity index (χ3n) is 2.97. The van der Waals surface area contributed by atoms with Crippen LogP contribution in [0.1, 0.15) is 4.88 Å². The summed E-state index contributed by atoms with van der Waals surface area (Å²) >= 11 is 4.88. The van der Waals surface area contributed by atoms with Crippen LogP contribution in [0.2, 0.25) is 0 Å². The summed E-state index contributed by atoms with van der Waals surface area (Å²) in [5, 5.41) is 5.35. The van der Waals surface area contributed by atoms with Crippen molar-refractivity contribution >= 4 is 43.1 Å².